The summed E-state index contributed by atoms with van der Waals surface area (Å²) in [4.78, 5) is 14.8. The van der Waals surface area contributed by atoms with Gasteiger partial charge in [0.05, 0.1) is 11.1 Å². The Morgan fingerprint density at radius 1 is 1.04 bits per heavy atom. The van der Waals surface area contributed by atoms with E-state index in [0.29, 0.717) is 40.3 Å². The second kappa shape index (κ2) is 6.96. The highest BCUT2D eigenvalue weighted by Gasteiger charge is 2.18. The molecule has 4 rings (SSSR count). The van der Waals surface area contributed by atoms with Gasteiger partial charge in [0.25, 0.3) is 0 Å². The summed E-state index contributed by atoms with van der Waals surface area (Å²) in [5.74, 6) is 1.41. The quantitative estimate of drug-likeness (QED) is 0.693. The minimum absolute atomic E-state index is 0.133. The number of nitrogens with zero attached hydrogens (tertiary/aromatic N) is 1. The van der Waals surface area contributed by atoms with E-state index in [4.69, 9.17) is 13.9 Å². The number of hydrogen-bond acceptors (Lipinski definition) is 6. The molecule has 0 amide bonds. The van der Waals surface area contributed by atoms with Crippen molar-refractivity contribution >= 4 is 11.0 Å². The first-order valence-electron chi connectivity index (χ1n) is 9.01. The number of ether oxygens (including phenoxy) is 2. The zero-order chi connectivity index (χ0) is 19.0. The summed E-state index contributed by atoms with van der Waals surface area (Å²) in [7, 11) is 0. The Kier molecular flexibility index (Phi) is 4.49. The molecule has 0 atom stereocenters. The molecule has 0 aliphatic carbocycles. The Morgan fingerprint density at radius 3 is 2.59 bits per heavy atom. The molecular weight excluding hydrogens is 346 g/mol. The minimum Gasteiger partial charge on any atom is -0.507 e. The van der Waals surface area contributed by atoms with Crippen LogP contribution in [0, 0.1) is 0 Å². The molecule has 6 nitrogen and oxygen atoms in total. The van der Waals surface area contributed by atoms with E-state index in [1.165, 1.54) is 0 Å². The fourth-order valence-corrected chi connectivity index (χ4v) is 3.32. The first kappa shape index (κ1) is 17.4. The van der Waals surface area contributed by atoms with E-state index in [0.717, 1.165) is 18.5 Å². The van der Waals surface area contributed by atoms with E-state index in [1.54, 1.807) is 30.3 Å². The molecule has 0 radical (unpaired) electrons. The summed E-state index contributed by atoms with van der Waals surface area (Å²) < 4.78 is 16.4. The van der Waals surface area contributed by atoms with E-state index < -0.39 is 5.63 Å². The van der Waals surface area contributed by atoms with Gasteiger partial charge in [0, 0.05) is 11.9 Å². The Morgan fingerprint density at radius 2 is 1.81 bits per heavy atom. The van der Waals surface area contributed by atoms with Crippen molar-refractivity contribution < 1.29 is 19.0 Å². The summed E-state index contributed by atoms with van der Waals surface area (Å²) >= 11 is 0. The maximum absolute atomic E-state index is 12.7. The molecule has 0 unspecified atom stereocenters. The zero-order valence-electron chi connectivity index (χ0n) is 15.3. The normalized spacial score (nSPS) is 12.9. The molecule has 0 saturated heterocycles. The first-order chi connectivity index (χ1) is 13.1. The van der Waals surface area contributed by atoms with Crippen LogP contribution in [0.5, 0.6) is 17.2 Å². The molecular formula is C21H21NO5. The molecule has 6 heteroatoms. The van der Waals surface area contributed by atoms with Crippen molar-refractivity contribution in [1.82, 2.24) is 4.90 Å². The van der Waals surface area contributed by atoms with Crippen LogP contribution in [0.25, 0.3) is 22.1 Å². The Labute approximate surface area is 156 Å². The molecule has 1 N–H and O–H groups in total. The zero-order valence-corrected chi connectivity index (χ0v) is 15.3. The van der Waals surface area contributed by atoms with Gasteiger partial charge in [-0.3, -0.25) is 4.90 Å². The van der Waals surface area contributed by atoms with Crippen LogP contribution in [-0.4, -0.2) is 29.9 Å². The lowest BCUT2D eigenvalue weighted by atomic mass is 10.0. The highest BCUT2D eigenvalue weighted by atomic mass is 16.7. The molecule has 3 aromatic rings. The third-order valence-corrected chi connectivity index (χ3v) is 4.94. The Balaban J connectivity index is 1.83. The third kappa shape index (κ3) is 3.13. The molecule has 0 bridgehead atoms. The van der Waals surface area contributed by atoms with Crippen molar-refractivity contribution in [2.75, 3.05) is 19.9 Å². The first-order valence-corrected chi connectivity index (χ1v) is 9.01. The van der Waals surface area contributed by atoms with Crippen LogP contribution in [0.4, 0.5) is 0 Å². The van der Waals surface area contributed by atoms with Gasteiger partial charge in [-0.05, 0) is 49.0 Å². The second-order valence-corrected chi connectivity index (χ2v) is 6.46. The van der Waals surface area contributed by atoms with Crippen molar-refractivity contribution in [2.24, 2.45) is 0 Å². The van der Waals surface area contributed by atoms with E-state index >= 15 is 0 Å². The fourth-order valence-electron chi connectivity index (χ4n) is 3.32. The number of hydrogen-bond donors (Lipinski definition) is 1. The van der Waals surface area contributed by atoms with Crippen LogP contribution in [0.15, 0.2) is 45.6 Å². The molecule has 2 aromatic carbocycles. The summed E-state index contributed by atoms with van der Waals surface area (Å²) in [5.41, 5.74) is 1.75. The van der Waals surface area contributed by atoms with Gasteiger partial charge in [-0.2, -0.15) is 0 Å². The van der Waals surface area contributed by atoms with Crippen molar-refractivity contribution in [1.29, 1.82) is 0 Å². The van der Waals surface area contributed by atoms with Gasteiger partial charge in [-0.15, -0.1) is 0 Å². The molecule has 0 fully saturated rings. The predicted molar refractivity (Wildman–Crippen MR) is 102 cm³/mol. The highest BCUT2D eigenvalue weighted by molar-refractivity contribution is 5.86. The van der Waals surface area contributed by atoms with Gasteiger partial charge in [-0.1, -0.05) is 19.9 Å². The highest BCUT2D eigenvalue weighted by Crippen LogP contribution is 2.36. The maximum atomic E-state index is 12.7. The molecule has 140 valence electrons. The topological polar surface area (TPSA) is 72.1 Å². The minimum atomic E-state index is -0.451. The van der Waals surface area contributed by atoms with Crippen LogP contribution in [0.2, 0.25) is 0 Å². The van der Waals surface area contributed by atoms with Crippen LogP contribution in [-0.2, 0) is 6.54 Å². The standard InChI is InChI=1S/C21H21NO5/c1-3-22(4-2)11-16-17(23)7-5-14-9-15(21(24)27-20(14)16)13-6-8-18-19(10-13)26-12-25-18/h5-10,23H,3-4,11-12H2,1-2H3. The predicted octanol–water partition coefficient (Wildman–Crippen LogP) is 3.74. The van der Waals surface area contributed by atoms with Gasteiger partial charge in [0.1, 0.15) is 11.3 Å². The van der Waals surface area contributed by atoms with Crippen molar-refractivity contribution in [2.45, 2.75) is 20.4 Å². The van der Waals surface area contributed by atoms with Gasteiger partial charge >= 0.3 is 5.63 Å². The van der Waals surface area contributed by atoms with Gasteiger partial charge in [-0.25, -0.2) is 4.79 Å². The number of benzene rings is 2. The second-order valence-electron chi connectivity index (χ2n) is 6.46. The molecule has 1 aromatic heterocycles. The van der Waals surface area contributed by atoms with E-state index in [-0.39, 0.29) is 12.5 Å². The van der Waals surface area contributed by atoms with E-state index in [9.17, 15) is 9.90 Å². The van der Waals surface area contributed by atoms with Crippen LogP contribution in [0.1, 0.15) is 19.4 Å². The molecule has 27 heavy (non-hydrogen) atoms. The Bertz CT molecular complexity index is 1050. The lowest BCUT2D eigenvalue weighted by Crippen LogP contribution is -2.22. The summed E-state index contributed by atoms with van der Waals surface area (Å²) in [6, 6.07) is 10.6. The van der Waals surface area contributed by atoms with Crippen molar-refractivity contribution in [3.8, 4) is 28.4 Å². The average Bonchev–Trinajstić information content (AvgIpc) is 3.15. The molecule has 2 heterocycles. The number of fused-ring (bicyclic) bond motifs is 2. The van der Waals surface area contributed by atoms with Gasteiger partial charge < -0.3 is 19.0 Å². The van der Waals surface area contributed by atoms with Crippen molar-refractivity contribution in [3.63, 3.8) is 0 Å². The molecule has 0 saturated carbocycles. The smallest absolute Gasteiger partial charge is 0.344 e. The van der Waals surface area contributed by atoms with Crippen molar-refractivity contribution in [3.05, 3.63) is 52.4 Å². The SMILES string of the molecule is CCN(CC)Cc1c(O)ccc2cc(-c3ccc4c(c3)OCO4)c(=O)oc12. The lowest BCUT2D eigenvalue weighted by molar-refractivity contribution is 0.174. The van der Waals surface area contributed by atoms with Crippen LogP contribution >= 0.6 is 0 Å². The summed E-state index contributed by atoms with van der Waals surface area (Å²) in [5, 5.41) is 11.1. The molecule has 0 spiro atoms. The lowest BCUT2D eigenvalue weighted by Gasteiger charge is -2.19. The number of rotatable bonds is 5. The largest absolute Gasteiger partial charge is 0.507 e. The van der Waals surface area contributed by atoms with E-state index in [2.05, 4.69) is 18.7 Å². The third-order valence-electron chi connectivity index (χ3n) is 4.94. The number of aromatic hydroxyl groups is 1. The average molecular weight is 367 g/mol. The molecule has 1 aliphatic rings. The fraction of sp³-hybridized carbons (Fsp3) is 0.286. The van der Waals surface area contributed by atoms with Crippen LogP contribution < -0.4 is 15.1 Å². The van der Waals surface area contributed by atoms with E-state index in [1.807, 2.05) is 6.07 Å². The number of phenols is 1. The summed E-state index contributed by atoms with van der Waals surface area (Å²) in [6.45, 7) is 6.48. The number of phenolic OH excluding ortho intramolecular Hbond substituents is 1. The van der Waals surface area contributed by atoms with Gasteiger partial charge in [0.2, 0.25) is 6.79 Å². The molecule has 1 aliphatic heterocycles. The van der Waals surface area contributed by atoms with Gasteiger partial charge in [0.15, 0.2) is 11.5 Å². The summed E-state index contributed by atoms with van der Waals surface area (Å²) in [6.07, 6.45) is 0. The maximum Gasteiger partial charge on any atom is 0.344 e. The van der Waals surface area contributed by atoms with Crippen LogP contribution in [0.3, 0.4) is 0 Å². The Hall–Kier alpha value is -2.99. The monoisotopic (exact) mass is 367 g/mol.